The fourth-order valence-corrected chi connectivity index (χ4v) is 3.35. The first-order chi connectivity index (χ1) is 11.8. The Morgan fingerprint density at radius 2 is 1.60 bits per heavy atom. The van der Waals surface area contributed by atoms with Crippen LogP contribution in [0.15, 0.2) is 40.8 Å². The zero-order valence-electron chi connectivity index (χ0n) is 14.0. The second-order valence-corrected chi connectivity index (χ2v) is 7.62. The van der Waals surface area contributed by atoms with Crippen molar-refractivity contribution in [3.63, 3.8) is 0 Å². The van der Waals surface area contributed by atoms with E-state index in [9.17, 15) is 0 Å². The first-order valence-electron chi connectivity index (χ1n) is 7.86. The zero-order chi connectivity index (χ0) is 17.8. The summed E-state index contributed by atoms with van der Waals surface area (Å²) in [5.41, 5.74) is 3.63. The van der Waals surface area contributed by atoms with Gasteiger partial charge in [0.15, 0.2) is 5.82 Å². The summed E-state index contributed by atoms with van der Waals surface area (Å²) in [5.74, 6) is 0.420. The smallest absolute Gasteiger partial charge is 0.227 e. The van der Waals surface area contributed by atoms with Crippen LogP contribution in [0.3, 0.4) is 0 Å². The minimum atomic E-state index is -0.00846. The Balaban J connectivity index is 1.96. The molecule has 0 fully saturated rings. The molecule has 0 aliphatic heterocycles. The Bertz CT molecular complexity index is 1090. The van der Waals surface area contributed by atoms with Crippen LogP contribution >= 0.6 is 23.2 Å². The average Bonchev–Trinajstić information content (AvgIpc) is 2.90. The standard InChI is InChI=1S/C19H15Cl2N3O/c1-19(2,3)13-6-4-5-12-11-8-7-10(9-14(11)25-15(12)13)16-22-17(20)24-18(21)23-16/h4-9H,1-3H3. The van der Waals surface area contributed by atoms with Crippen molar-refractivity contribution in [2.24, 2.45) is 0 Å². The van der Waals surface area contributed by atoms with Crippen molar-refractivity contribution in [3.05, 3.63) is 52.5 Å². The lowest BCUT2D eigenvalue weighted by Crippen LogP contribution is -2.10. The van der Waals surface area contributed by atoms with Crippen LogP contribution in [0.25, 0.3) is 33.3 Å². The molecule has 126 valence electrons. The van der Waals surface area contributed by atoms with E-state index in [0.717, 1.165) is 27.5 Å². The molecule has 4 rings (SSSR count). The summed E-state index contributed by atoms with van der Waals surface area (Å²) in [7, 11) is 0. The molecule has 2 heterocycles. The number of hydrogen-bond donors (Lipinski definition) is 0. The lowest BCUT2D eigenvalue weighted by molar-refractivity contribution is 0.573. The third-order valence-corrected chi connectivity index (χ3v) is 4.48. The summed E-state index contributed by atoms with van der Waals surface area (Å²) < 4.78 is 6.20. The number of nitrogens with zero attached hydrogens (tertiary/aromatic N) is 3. The van der Waals surface area contributed by atoms with Crippen LogP contribution in [0.4, 0.5) is 0 Å². The molecule has 0 radical (unpaired) electrons. The Labute approximate surface area is 154 Å². The van der Waals surface area contributed by atoms with E-state index in [2.05, 4.69) is 53.9 Å². The van der Waals surface area contributed by atoms with E-state index in [-0.39, 0.29) is 16.0 Å². The maximum atomic E-state index is 6.20. The molecule has 0 amide bonds. The average molecular weight is 372 g/mol. The highest BCUT2D eigenvalue weighted by molar-refractivity contribution is 6.31. The summed E-state index contributed by atoms with van der Waals surface area (Å²) in [6.45, 7) is 6.53. The van der Waals surface area contributed by atoms with Crippen LogP contribution in [-0.4, -0.2) is 15.0 Å². The summed E-state index contributed by atoms with van der Waals surface area (Å²) >= 11 is 11.8. The fraction of sp³-hybridized carbons (Fsp3) is 0.211. The van der Waals surface area contributed by atoms with Crippen molar-refractivity contribution in [1.29, 1.82) is 0 Å². The van der Waals surface area contributed by atoms with Gasteiger partial charge < -0.3 is 4.42 Å². The molecule has 2 aromatic carbocycles. The SMILES string of the molecule is CC(C)(C)c1cccc2c1oc1cc(-c3nc(Cl)nc(Cl)n3)ccc12. The second kappa shape index (κ2) is 5.68. The van der Waals surface area contributed by atoms with Crippen molar-refractivity contribution in [2.75, 3.05) is 0 Å². The van der Waals surface area contributed by atoms with Gasteiger partial charge in [0.2, 0.25) is 10.6 Å². The number of fused-ring (bicyclic) bond motifs is 3. The predicted molar refractivity (Wildman–Crippen MR) is 101 cm³/mol. The van der Waals surface area contributed by atoms with Crippen molar-refractivity contribution in [3.8, 4) is 11.4 Å². The van der Waals surface area contributed by atoms with E-state index in [1.165, 1.54) is 5.56 Å². The van der Waals surface area contributed by atoms with E-state index >= 15 is 0 Å². The quantitative estimate of drug-likeness (QED) is 0.409. The molecule has 2 aromatic heterocycles. The molecule has 0 aliphatic carbocycles. The van der Waals surface area contributed by atoms with Gasteiger partial charge in [-0.05, 0) is 40.7 Å². The molecular formula is C19H15Cl2N3O. The molecule has 0 atom stereocenters. The normalized spacial score (nSPS) is 12.2. The highest BCUT2D eigenvalue weighted by atomic mass is 35.5. The van der Waals surface area contributed by atoms with E-state index in [0.29, 0.717) is 5.82 Å². The number of benzene rings is 2. The molecule has 0 unspecified atom stereocenters. The summed E-state index contributed by atoms with van der Waals surface area (Å²) in [6.07, 6.45) is 0. The lowest BCUT2D eigenvalue weighted by atomic mass is 9.86. The minimum Gasteiger partial charge on any atom is -0.456 e. The topological polar surface area (TPSA) is 51.8 Å². The highest BCUT2D eigenvalue weighted by Crippen LogP contribution is 2.37. The molecule has 0 N–H and O–H groups in total. The van der Waals surface area contributed by atoms with Crippen molar-refractivity contribution >= 4 is 45.1 Å². The fourth-order valence-electron chi connectivity index (χ4n) is 2.98. The number of rotatable bonds is 1. The van der Waals surface area contributed by atoms with Crippen LogP contribution in [-0.2, 0) is 5.41 Å². The molecule has 4 nitrogen and oxygen atoms in total. The first kappa shape index (κ1) is 16.3. The second-order valence-electron chi connectivity index (χ2n) is 6.94. The lowest BCUT2D eigenvalue weighted by Gasteiger charge is -2.18. The highest BCUT2D eigenvalue weighted by Gasteiger charge is 2.20. The van der Waals surface area contributed by atoms with Gasteiger partial charge in [-0.2, -0.15) is 15.0 Å². The molecule has 0 spiro atoms. The zero-order valence-corrected chi connectivity index (χ0v) is 15.5. The number of aromatic nitrogens is 3. The number of hydrogen-bond acceptors (Lipinski definition) is 4. The third kappa shape index (κ3) is 2.86. The first-order valence-corrected chi connectivity index (χ1v) is 8.62. The maximum absolute atomic E-state index is 6.20. The number of furan rings is 1. The molecule has 4 aromatic rings. The van der Waals surface area contributed by atoms with Crippen LogP contribution in [0.5, 0.6) is 0 Å². The van der Waals surface area contributed by atoms with Crippen molar-refractivity contribution in [2.45, 2.75) is 26.2 Å². The van der Waals surface area contributed by atoms with Gasteiger partial charge in [-0.1, -0.05) is 45.0 Å². The van der Waals surface area contributed by atoms with Gasteiger partial charge in [-0.3, -0.25) is 0 Å². The Morgan fingerprint density at radius 3 is 2.28 bits per heavy atom. The van der Waals surface area contributed by atoms with Gasteiger partial charge in [0.1, 0.15) is 11.2 Å². The van der Waals surface area contributed by atoms with E-state index in [1.54, 1.807) is 0 Å². The molecule has 0 bridgehead atoms. The van der Waals surface area contributed by atoms with E-state index < -0.39 is 0 Å². The predicted octanol–water partition coefficient (Wildman–Crippen LogP) is 6.04. The monoisotopic (exact) mass is 371 g/mol. The van der Waals surface area contributed by atoms with E-state index in [4.69, 9.17) is 27.6 Å². The molecule has 6 heteroatoms. The maximum Gasteiger partial charge on any atom is 0.227 e. The van der Waals surface area contributed by atoms with Gasteiger partial charge in [-0.25, -0.2) is 0 Å². The Morgan fingerprint density at radius 1 is 0.880 bits per heavy atom. The van der Waals surface area contributed by atoms with Gasteiger partial charge in [0, 0.05) is 21.9 Å². The molecule has 0 aliphatic rings. The largest absolute Gasteiger partial charge is 0.456 e. The van der Waals surface area contributed by atoms with Crippen LogP contribution in [0, 0.1) is 0 Å². The van der Waals surface area contributed by atoms with Gasteiger partial charge >= 0.3 is 0 Å². The third-order valence-electron chi connectivity index (χ3n) is 4.15. The van der Waals surface area contributed by atoms with Gasteiger partial charge in [-0.15, -0.1) is 0 Å². The van der Waals surface area contributed by atoms with Crippen LogP contribution in [0.2, 0.25) is 10.6 Å². The Kier molecular flexibility index (Phi) is 3.71. The molecule has 0 saturated carbocycles. The molecule has 25 heavy (non-hydrogen) atoms. The Hall–Kier alpha value is -2.17. The molecular weight excluding hydrogens is 357 g/mol. The van der Waals surface area contributed by atoms with Gasteiger partial charge in [0.25, 0.3) is 0 Å². The van der Waals surface area contributed by atoms with Gasteiger partial charge in [0.05, 0.1) is 0 Å². The summed E-state index contributed by atoms with van der Waals surface area (Å²) in [5, 5.41) is 2.28. The summed E-state index contributed by atoms with van der Waals surface area (Å²) in [6, 6.07) is 12.1. The van der Waals surface area contributed by atoms with Crippen LogP contribution in [0.1, 0.15) is 26.3 Å². The van der Waals surface area contributed by atoms with Crippen molar-refractivity contribution < 1.29 is 4.42 Å². The summed E-state index contributed by atoms with van der Waals surface area (Å²) in [4.78, 5) is 12.1. The minimum absolute atomic E-state index is 0.00846. The van der Waals surface area contributed by atoms with Crippen LogP contribution < -0.4 is 0 Å². The number of halogens is 2. The van der Waals surface area contributed by atoms with E-state index in [1.807, 2.05) is 18.2 Å². The number of para-hydroxylation sites is 1. The van der Waals surface area contributed by atoms with Crippen molar-refractivity contribution in [1.82, 2.24) is 15.0 Å². The molecule has 0 saturated heterocycles.